The second-order valence-corrected chi connectivity index (χ2v) is 7.10. The van der Waals surface area contributed by atoms with E-state index in [2.05, 4.69) is 32.6 Å². The van der Waals surface area contributed by atoms with Crippen molar-refractivity contribution in [3.8, 4) is 17.1 Å². The van der Waals surface area contributed by atoms with Crippen LogP contribution < -0.4 is 0 Å². The van der Waals surface area contributed by atoms with Gasteiger partial charge in [0.15, 0.2) is 0 Å². The highest BCUT2D eigenvalue weighted by Gasteiger charge is 2.11. The topological polar surface area (TPSA) is 82.5 Å². The SMILES string of the molecule is Cc1ccc(-n2nnnc2SCCCc2nc(-c3ccccc3)no2)cc1. The normalized spacial score (nSPS) is 11.0. The summed E-state index contributed by atoms with van der Waals surface area (Å²) in [6, 6.07) is 17.9. The summed E-state index contributed by atoms with van der Waals surface area (Å²) < 4.78 is 7.10. The van der Waals surface area contributed by atoms with Crippen LogP contribution in [0.3, 0.4) is 0 Å². The molecule has 0 radical (unpaired) electrons. The van der Waals surface area contributed by atoms with Crippen LogP contribution in [0.25, 0.3) is 17.1 Å². The van der Waals surface area contributed by atoms with E-state index in [1.54, 1.807) is 16.4 Å². The number of aromatic nitrogens is 6. The zero-order valence-corrected chi connectivity index (χ0v) is 15.6. The first-order chi connectivity index (χ1) is 13.3. The Labute approximate surface area is 160 Å². The second kappa shape index (κ2) is 8.13. The van der Waals surface area contributed by atoms with Gasteiger partial charge in [0.05, 0.1) is 5.69 Å². The number of aryl methyl sites for hydroxylation is 2. The van der Waals surface area contributed by atoms with Crippen LogP contribution in [0.4, 0.5) is 0 Å². The van der Waals surface area contributed by atoms with Gasteiger partial charge in [0.2, 0.25) is 16.9 Å². The summed E-state index contributed by atoms with van der Waals surface area (Å²) in [6.07, 6.45) is 1.61. The van der Waals surface area contributed by atoms with Gasteiger partial charge in [0.25, 0.3) is 0 Å². The van der Waals surface area contributed by atoms with Crippen molar-refractivity contribution in [3.63, 3.8) is 0 Å². The van der Waals surface area contributed by atoms with E-state index < -0.39 is 0 Å². The van der Waals surface area contributed by atoms with Gasteiger partial charge in [-0.05, 0) is 35.9 Å². The van der Waals surface area contributed by atoms with Gasteiger partial charge < -0.3 is 4.52 Å². The van der Waals surface area contributed by atoms with Gasteiger partial charge in [0, 0.05) is 17.7 Å². The molecule has 4 rings (SSSR count). The highest BCUT2D eigenvalue weighted by atomic mass is 32.2. The minimum atomic E-state index is 0.626. The number of tetrazole rings is 1. The molecule has 7 nitrogen and oxygen atoms in total. The lowest BCUT2D eigenvalue weighted by Gasteiger charge is -2.04. The lowest BCUT2D eigenvalue weighted by atomic mass is 10.2. The maximum Gasteiger partial charge on any atom is 0.226 e. The average Bonchev–Trinajstić information content (AvgIpc) is 3.36. The number of hydrogen-bond acceptors (Lipinski definition) is 7. The van der Waals surface area contributed by atoms with E-state index >= 15 is 0 Å². The predicted molar refractivity (Wildman–Crippen MR) is 103 cm³/mol. The Morgan fingerprint density at radius 3 is 2.67 bits per heavy atom. The van der Waals surface area contributed by atoms with E-state index in [0.717, 1.165) is 35.0 Å². The fourth-order valence-corrected chi connectivity index (χ4v) is 3.39. The number of benzene rings is 2. The molecule has 0 aliphatic rings. The molecule has 27 heavy (non-hydrogen) atoms. The lowest BCUT2D eigenvalue weighted by Crippen LogP contribution is -1.99. The largest absolute Gasteiger partial charge is 0.339 e. The van der Waals surface area contributed by atoms with Crippen LogP contribution in [0.15, 0.2) is 64.3 Å². The number of thioether (sulfide) groups is 1. The molecular formula is C19H18N6OS. The van der Waals surface area contributed by atoms with Crippen LogP contribution in [-0.4, -0.2) is 36.1 Å². The van der Waals surface area contributed by atoms with Gasteiger partial charge in [-0.1, -0.05) is 64.9 Å². The van der Waals surface area contributed by atoms with E-state index in [-0.39, 0.29) is 0 Å². The molecule has 8 heteroatoms. The molecule has 0 aliphatic heterocycles. The average molecular weight is 378 g/mol. The molecule has 2 aromatic carbocycles. The van der Waals surface area contributed by atoms with Crippen molar-refractivity contribution < 1.29 is 4.52 Å². The van der Waals surface area contributed by atoms with Crippen LogP contribution in [0.2, 0.25) is 0 Å². The zero-order chi connectivity index (χ0) is 18.5. The first-order valence-corrected chi connectivity index (χ1v) is 9.64. The molecule has 0 atom stereocenters. The smallest absolute Gasteiger partial charge is 0.226 e. The molecule has 2 aromatic heterocycles. The molecule has 0 saturated heterocycles. The van der Waals surface area contributed by atoms with E-state index in [1.807, 2.05) is 54.6 Å². The number of nitrogens with zero attached hydrogens (tertiary/aromatic N) is 6. The second-order valence-electron chi connectivity index (χ2n) is 6.04. The van der Waals surface area contributed by atoms with Crippen molar-refractivity contribution in [2.45, 2.75) is 24.9 Å². The molecule has 0 unspecified atom stereocenters. The first kappa shape index (κ1) is 17.4. The quantitative estimate of drug-likeness (QED) is 0.358. The fourth-order valence-electron chi connectivity index (χ4n) is 2.56. The molecular weight excluding hydrogens is 360 g/mol. The molecule has 0 fully saturated rings. The Morgan fingerprint density at radius 1 is 1.04 bits per heavy atom. The highest BCUT2D eigenvalue weighted by Crippen LogP contribution is 2.20. The van der Waals surface area contributed by atoms with Crippen LogP contribution in [-0.2, 0) is 6.42 Å². The standard InChI is InChI=1S/C19H18N6OS/c1-14-9-11-16(12-10-14)25-19(21-23-24-25)27-13-5-8-17-20-18(22-26-17)15-6-3-2-4-7-15/h2-4,6-7,9-12H,5,8,13H2,1H3. The van der Waals surface area contributed by atoms with Gasteiger partial charge in [-0.25, -0.2) is 0 Å². The highest BCUT2D eigenvalue weighted by molar-refractivity contribution is 7.99. The third-order valence-corrected chi connectivity index (χ3v) is 4.99. The van der Waals surface area contributed by atoms with Crippen molar-refractivity contribution in [3.05, 3.63) is 66.1 Å². The zero-order valence-electron chi connectivity index (χ0n) is 14.8. The monoisotopic (exact) mass is 378 g/mol. The van der Waals surface area contributed by atoms with Crippen molar-refractivity contribution in [1.82, 2.24) is 30.3 Å². The van der Waals surface area contributed by atoms with Crippen molar-refractivity contribution in [2.24, 2.45) is 0 Å². The molecule has 0 N–H and O–H groups in total. The Balaban J connectivity index is 1.32. The number of hydrogen-bond donors (Lipinski definition) is 0. The Kier molecular flexibility index (Phi) is 5.24. The van der Waals surface area contributed by atoms with Gasteiger partial charge in [-0.2, -0.15) is 9.67 Å². The summed E-state index contributed by atoms with van der Waals surface area (Å²) in [5, 5.41) is 16.8. The van der Waals surface area contributed by atoms with E-state index in [4.69, 9.17) is 4.52 Å². The summed E-state index contributed by atoms with van der Waals surface area (Å²) in [4.78, 5) is 4.46. The fraction of sp³-hybridized carbons (Fsp3) is 0.211. The summed E-state index contributed by atoms with van der Waals surface area (Å²) in [5.74, 6) is 2.13. The van der Waals surface area contributed by atoms with Gasteiger partial charge >= 0.3 is 0 Å². The Bertz CT molecular complexity index is 996. The molecule has 0 saturated carbocycles. The molecule has 0 aliphatic carbocycles. The maximum atomic E-state index is 5.34. The third kappa shape index (κ3) is 4.22. The van der Waals surface area contributed by atoms with E-state index in [1.165, 1.54) is 5.56 Å². The van der Waals surface area contributed by atoms with E-state index in [9.17, 15) is 0 Å². The van der Waals surface area contributed by atoms with Crippen LogP contribution >= 0.6 is 11.8 Å². The summed E-state index contributed by atoms with van der Waals surface area (Å²) in [6.45, 7) is 2.06. The molecule has 2 heterocycles. The van der Waals surface area contributed by atoms with Crippen molar-refractivity contribution in [1.29, 1.82) is 0 Å². The number of rotatable bonds is 7. The van der Waals surface area contributed by atoms with Crippen molar-refractivity contribution >= 4 is 11.8 Å². The van der Waals surface area contributed by atoms with Gasteiger partial charge in [0.1, 0.15) is 0 Å². The summed E-state index contributed by atoms with van der Waals surface area (Å²) in [7, 11) is 0. The van der Waals surface area contributed by atoms with Gasteiger partial charge in [-0.3, -0.25) is 0 Å². The van der Waals surface area contributed by atoms with Gasteiger partial charge in [-0.15, -0.1) is 5.10 Å². The Hall–Kier alpha value is -3.00. The van der Waals surface area contributed by atoms with Crippen LogP contribution in [0, 0.1) is 6.92 Å². The minimum Gasteiger partial charge on any atom is -0.339 e. The van der Waals surface area contributed by atoms with Crippen molar-refractivity contribution in [2.75, 3.05) is 5.75 Å². The molecule has 0 amide bonds. The van der Waals surface area contributed by atoms with Crippen LogP contribution in [0.1, 0.15) is 17.9 Å². The first-order valence-electron chi connectivity index (χ1n) is 8.66. The predicted octanol–water partition coefficient (Wildman–Crippen LogP) is 3.75. The molecule has 4 aromatic rings. The van der Waals surface area contributed by atoms with E-state index in [0.29, 0.717) is 11.7 Å². The third-order valence-electron chi connectivity index (χ3n) is 3.99. The summed E-state index contributed by atoms with van der Waals surface area (Å²) >= 11 is 1.61. The van der Waals surface area contributed by atoms with Crippen LogP contribution in [0.5, 0.6) is 0 Å². The maximum absolute atomic E-state index is 5.34. The molecule has 0 spiro atoms. The Morgan fingerprint density at radius 2 is 1.85 bits per heavy atom. The summed E-state index contributed by atoms with van der Waals surface area (Å²) in [5.41, 5.74) is 3.12. The lowest BCUT2D eigenvalue weighted by molar-refractivity contribution is 0.378. The molecule has 136 valence electrons. The minimum absolute atomic E-state index is 0.626. The molecule has 0 bridgehead atoms.